The molecule has 0 aliphatic heterocycles. The Bertz CT molecular complexity index is 126. The molecule has 1 rings (SSSR count). The first-order chi connectivity index (χ1) is 5.12. The molecule has 0 radical (unpaired) electrons. The fourth-order valence-corrected chi connectivity index (χ4v) is 2.25. The molecule has 66 valence electrons. The number of hydrogen-bond acceptors (Lipinski definition) is 2. The molecule has 0 amide bonds. The van der Waals surface area contributed by atoms with Crippen molar-refractivity contribution in [2.45, 2.75) is 51.2 Å². The standard InChI is InChI=1S/C9H19NO/c1-3-7(4-2)9(10)5-8(11)6-9/h7-8,11H,3-6,10H2,1-2H3. The van der Waals surface area contributed by atoms with E-state index >= 15 is 0 Å². The van der Waals surface area contributed by atoms with Gasteiger partial charge in [-0.2, -0.15) is 0 Å². The fourth-order valence-electron chi connectivity index (χ4n) is 2.25. The Morgan fingerprint density at radius 3 is 2.18 bits per heavy atom. The van der Waals surface area contributed by atoms with E-state index in [1.807, 2.05) is 0 Å². The van der Waals surface area contributed by atoms with Crippen LogP contribution in [0.3, 0.4) is 0 Å². The van der Waals surface area contributed by atoms with E-state index in [0.717, 1.165) is 25.7 Å². The maximum absolute atomic E-state index is 9.14. The Morgan fingerprint density at radius 2 is 1.91 bits per heavy atom. The highest BCUT2D eigenvalue weighted by Gasteiger charge is 2.44. The summed E-state index contributed by atoms with van der Waals surface area (Å²) >= 11 is 0. The summed E-state index contributed by atoms with van der Waals surface area (Å²) in [4.78, 5) is 0. The predicted octanol–water partition coefficient (Wildman–Crippen LogP) is 1.27. The van der Waals surface area contributed by atoms with E-state index in [9.17, 15) is 0 Å². The van der Waals surface area contributed by atoms with Gasteiger partial charge in [-0.25, -0.2) is 0 Å². The quantitative estimate of drug-likeness (QED) is 0.648. The van der Waals surface area contributed by atoms with E-state index in [2.05, 4.69) is 13.8 Å². The van der Waals surface area contributed by atoms with Gasteiger partial charge in [-0.15, -0.1) is 0 Å². The van der Waals surface area contributed by atoms with Gasteiger partial charge in [0.05, 0.1) is 6.10 Å². The van der Waals surface area contributed by atoms with E-state index in [-0.39, 0.29) is 11.6 Å². The van der Waals surface area contributed by atoms with Crippen molar-refractivity contribution in [1.29, 1.82) is 0 Å². The van der Waals surface area contributed by atoms with Crippen molar-refractivity contribution in [3.05, 3.63) is 0 Å². The number of hydrogen-bond donors (Lipinski definition) is 2. The summed E-state index contributed by atoms with van der Waals surface area (Å²) in [6.07, 6.45) is 3.76. The Morgan fingerprint density at radius 1 is 1.45 bits per heavy atom. The molecule has 2 nitrogen and oxygen atoms in total. The number of nitrogens with two attached hydrogens (primary N) is 1. The van der Waals surface area contributed by atoms with Gasteiger partial charge in [0.2, 0.25) is 0 Å². The molecule has 0 aromatic carbocycles. The molecular weight excluding hydrogens is 138 g/mol. The van der Waals surface area contributed by atoms with Gasteiger partial charge in [0.1, 0.15) is 0 Å². The van der Waals surface area contributed by atoms with Crippen molar-refractivity contribution < 1.29 is 5.11 Å². The zero-order valence-corrected chi connectivity index (χ0v) is 7.51. The minimum absolute atomic E-state index is 0.0388. The molecular formula is C9H19NO. The highest BCUT2D eigenvalue weighted by Crippen LogP contribution is 2.39. The van der Waals surface area contributed by atoms with Crippen LogP contribution in [0.25, 0.3) is 0 Å². The van der Waals surface area contributed by atoms with Crippen LogP contribution < -0.4 is 5.73 Å². The smallest absolute Gasteiger partial charge is 0.0575 e. The summed E-state index contributed by atoms with van der Waals surface area (Å²) < 4.78 is 0. The number of aliphatic hydroxyl groups excluding tert-OH is 1. The lowest BCUT2D eigenvalue weighted by Gasteiger charge is -2.47. The van der Waals surface area contributed by atoms with Gasteiger partial charge < -0.3 is 10.8 Å². The topological polar surface area (TPSA) is 46.2 Å². The van der Waals surface area contributed by atoms with Crippen LogP contribution in [0, 0.1) is 5.92 Å². The average molecular weight is 157 g/mol. The van der Waals surface area contributed by atoms with Gasteiger partial charge in [-0.05, 0) is 18.8 Å². The second-order valence-corrected chi connectivity index (χ2v) is 3.81. The summed E-state index contributed by atoms with van der Waals surface area (Å²) in [6, 6.07) is 0. The Hall–Kier alpha value is -0.0800. The zero-order chi connectivity index (χ0) is 8.48. The van der Waals surface area contributed by atoms with Crippen molar-refractivity contribution in [2.24, 2.45) is 11.7 Å². The molecule has 0 aromatic rings. The molecule has 1 fully saturated rings. The van der Waals surface area contributed by atoms with Gasteiger partial charge in [0, 0.05) is 5.54 Å². The highest BCUT2D eigenvalue weighted by molar-refractivity contribution is 5.02. The third-order valence-electron chi connectivity index (χ3n) is 3.03. The molecule has 1 saturated carbocycles. The second kappa shape index (κ2) is 3.11. The largest absolute Gasteiger partial charge is 0.393 e. The Balaban J connectivity index is 2.44. The van der Waals surface area contributed by atoms with E-state index in [1.54, 1.807) is 0 Å². The third-order valence-corrected chi connectivity index (χ3v) is 3.03. The van der Waals surface area contributed by atoms with E-state index in [0.29, 0.717) is 5.92 Å². The summed E-state index contributed by atoms with van der Waals surface area (Å²) in [5, 5.41) is 9.14. The number of aliphatic hydroxyl groups is 1. The van der Waals surface area contributed by atoms with Crippen LogP contribution in [0.15, 0.2) is 0 Å². The van der Waals surface area contributed by atoms with Crippen molar-refractivity contribution in [2.75, 3.05) is 0 Å². The Kier molecular flexibility index (Phi) is 2.55. The highest BCUT2D eigenvalue weighted by atomic mass is 16.3. The summed E-state index contributed by atoms with van der Waals surface area (Å²) in [5.74, 6) is 0.603. The Labute approximate surface area is 68.8 Å². The van der Waals surface area contributed by atoms with Crippen LogP contribution in [-0.2, 0) is 0 Å². The normalized spacial score (nSPS) is 37.4. The van der Waals surface area contributed by atoms with E-state index in [1.165, 1.54) is 0 Å². The van der Waals surface area contributed by atoms with Crippen molar-refractivity contribution in [3.63, 3.8) is 0 Å². The van der Waals surface area contributed by atoms with Gasteiger partial charge in [-0.3, -0.25) is 0 Å². The molecule has 0 heterocycles. The first-order valence-electron chi connectivity index (χ1n) is 4.59. The number of rotatable bonds is 3. The lowest BCUT2D eigenvalue weighted by Crippen LogP contribution is -2.59. The molecule has 1 aliphatic rings. The lowest BCUT2D eigenvalue weighted by molar-refractivity contribution is -0.0105. The first-order valence-corrected chi connectivity index (χ1v) is 4.59. The molecule has 0 saturated heterocycles. The van der Waals surface area contributed by atoms with Crippen molar-refractivity contribution in [3.8, 4) is 0 Å². The van der Waals surface area contributed by atoms with Crippen LogP contribution in [0.1, 0.15) is 39.5 Å². The molecule has 0 aromatic heterocycles. The van der Waals surface area contributed by atoms with Gasteiger partial charge in [0.25, 0.3) is 0 Å². The van der Waals surface area contributed by atoms with Crippen LogP contribution in [0.4, 0.5) is 0 Å². The molecule has 11 heavy (non-hydrogen) atoms. The van der Waals surface area contributed by atoms with Crippen molar-refractivity contribution in [1.82, 2.24) is 0 Å². The van der Waals surface area contributed by atoms with Crippen LogP contribution >= 0.6 is 0 Å². The summed E-state index contributed by atoms with van der Waals surface area (Å²) in [7, 11) is 0. The van der Waals surface area contributed by atoms with Gasteiger partial charge in [0.15, 0.2) is 0 Å². The minimum Gasteiger partial charge on any atom is -0.393 e. The average Bonchev–Trinajstić information content (AvgIpc) is 1.87. The SMILES string of the molecule is CCC(CC)C1(N)CC(O)C1. The molecule has 1 aliphatic carbocycles. The molecule has 0 unspecified atom stereocenters. The minimum atomic E-state index is -0.124. The molecule has 2 heteroatoms. The van der Waals surface area contributed by atoms with Crippen LogP contribution in [0.5, 0.6) is 0 Å². The maximum atomic E-state index is 9.14. The molecule has 3 N–H and O–H groups in total. The molecule has 0 bridgehead atoms. The monoisotopic (exact) mass is 157 g/mol. The molecule has 0 spiro atoms. The van der Waals surface area contributed by atoms with Crippen LogP contribution in [-0.4, -0.2) is 16.7 Å². The van der Waals surface area contributed by atoms with E-state index < -0.39 is 0 Å². The first kappa shape index (κ1) is 9.01. The maximum Gasteiger partial charge on any atom is 0.0575 e. The predicted molar refractivity (Wildman–Crippen MR) is 46.2 cm³/mol. The fraction of sp³-hybridized carbons (Fsp3) is 1.00. The zero-order valence-electron chi connectivity index (χ0n) is 7.51. The van der Waals surface area contributed by atoms with Gasteiger partial charge in [-0.1, -0.05) is 26.7 Å². The lowest BCUT2D eigenvalue weighted by atomic mass is 9.65. The second-order valence-electron chi connectivity index (χ2n) is 3.81. The summed E-state index contributed by atoms with van der Waals surface area (Å²) in [6.45, 7) is 4.35. The molecule has 0 atom stereocenters. The van der Waals surface area contributed by atoms with Gasteiger partial charge >= 0.3 is 0 Å². The van der Waals surface area contributed by atoms with E-state index in [4.69, 9.17) is 10.8 Å². The van der Waals surface area contributed by atoms with Crippen LogP contribution in [0.2, 0.25) is 0 Å². The third kappa shape index (κ3) is 1.57. The van der Waals surface area contributed by atoms with Crippen molar-refractivity contribution >= 4 is 0 Å². The summed E-state index contributed by atoms with van der Waals surface area (Å²) in [5.41, 5.74) is 6.06.